The number of hydrogen-bond donors (Lipinski definition) is 0. The molecule has 6 bridgehead atoms. The van der Waals surface area contributed by atoms with Gasteiger partial charge in [-0.2, -0.15) is 5.26 Å². The van der Waals surface area contributed by atoms with Crippen molar-refractivity contribution in [1.82, 2.24) is 14.7 Å². The van der Waals surface area contributed by atoms with Gasteiger partial charge in [0.25, 0.3) is 0 Å². The average Bonchev–Trinajstić information content (AvgIpc) is 3.60. The Morgan fingerprint density at radius 1 is 1.00 bits per heavy atom. The highest BCUT2D eigenvalue weighted by Crippen LogP contribution is 2.35. The van der Waals surface area contributed by atoms with Gasteiger partial charge in [0.05, 0.1) is 24.3 Å². The molecule has 6 rings (SSSR count). The summed E-state index contributed by atoms with van der Waals surface area (Å²) in [6, 6.07) is 4.34. The summed E-state index contributed by atoms with van der Waals surface area (Å²) in [7, 11) is 0. The van der Waals surface area contributed by atoms with Gasteiger partial charge in [0, 0.05) is 42.8 Å². The SMILES string of the molecule is N#CN1C=CN2C=CC3C=NCN3C=CC3=CC(=COC=Cc4c5cc(cc4C1=C2)C=C5)CC3. The fourth-order valence-corrected chi connectivity index (χ4v) is 4.61. The van der Waals surface area contributed by atoms with E-state index in [1.165, 1.54) is 11.1 Å². The van der Waals surface area contributed by atoms with Crippen molar-refractivity contribution in [2.75, 3.05) is 6.67 Å². The Morgan fingerprint density at radius 3 is 2.88 bits per heavy atom. The second-order valence-electron chi connectivity index (χ2n) is 8.62. The molecule has 0 radical (unpaired) electrons. The molecule has 34 heavy (non-hydrogen) atoms. The lowest BCUT2D eigenvalue weighted by Gasteiger charge is -2.26. The third-order valence-corrected chi connectivity index (χ3v) is 6.42. The minimum absolute atomic E-state index is 0.0782. The highest BCUT2D eigenvalue weighted by atomic mass is 16.5. The number of fused-ring (bicyclic) bond motifs is 8. The normalized spacial score (nSPS) is 21.9. The first-order valence-corrected chi connectivity index (χ1v) is 11.3. The molecule has 2 aliphatic carbocycles. The molecule has 0 spiro atoms. The van der Waals surface area contributed by atoms with Crippen molar-refractivity contribution in [2.24, 2.45) is 4.99 Å². The van der Waals surface area contributed by atoms with E-state index in [2.05, 4.69) is 64.8 Å². The summed E-state index contributed by atoms with van der Waals surface area (Å²) in [5, 5.41) is 9.81. The zero-order valence-electron chi connectivity index (χ0n) is 18.6. The van der Waals surface area contributed by atoms with E-state index in [0.29, 0.717) is 6.67 Å². The zero-order chi connectivity index (χ0) is 22.9. The fourth-order valence-electron chi connectivity index (χ4n) is 4.61. The Morgan fingerprint density at radius 2 is 1.94 bits per heavy atom. The van der Waals surface area contributed by atoms with Crippen LogP contribution in [0.15, 0.2) is 90.0 Å². The van der Waals surface area contributed by atoms with E-state index < -0.39 is 0 Å². The standard InChI is InChI=1S/C28H23N5O/c29-19-32-11-10-31-8-6-25-16-30-20-33(25)9-5-21-1-2-23(13-21)18-34-12-7-26-24-4-3-22(14-24)15-27(26)28(32)17-31/h3-18,25H,1-2,20H2. The second kappa shape index (κ2) is 8.45. The molecule has 0 aromatic heterocycles. The first kappa shape index (κ1) is 20.1. The molecule has 1 unspecified atom stereocenters. The Hall–Kier alpha value is -4.50. The largest absolute Gasteiger partial charge is 0.472 e. The van der Waals surface area contributed by atoms with Crippen LogP contribution >= 0.6 is 0 Å². The van der Waals surface area contributed by atoms with Crippen LogP contribution in [-0.2, 0) is 4.74 Å². The van der Waals surface area contributed by atoms with Crippen molar-refractivity contribution in [2.45, 2.75) is 18.9 Å². The summed E-state index contributed by atoms with van der Waals surface area (Å²) in [6.45, 7) is 0.639. The number of nitrogens with zero attached hydrogens (tertiary/aromatic N) is 5. The van der Waals surface area contributed by atoms with E-state index in [1.54, 1.807) is 17.4 Å². The quantitative estimate of drug-likeness (QED) is 0.510. The molecule has 0 N–H and O–H groups in total. The monoisotopic (exact) mass is 445 g/mol. The Balaban J connectivity index is 1.44. The predicted molar refractivity (Wildman–Crippen MR) is 135 cm³/mol. The van der Waals surface area contributed by atoms with Gasteiger partial charge in [-0.1, -0.05) is 18.2 Å². The highest BCUT2D eigenvalue weighted by Gasteiger charge is 2.21. The van der Waals surface area contributed by atoms with Gasteiger partial charge in [-0.15, -0.1) is 0 Å². The molecule has 3 heterocycles. The molecular weight excluding hydrogens is 422 g/mol. The third kappa shape index (κ3) is 3.78. The Labute approximate surface area is 199 Å². The van der Waals surface area contributed by atoms with E-state index >= 15 is 0 Å². The maximum absolute atomic E-state index is 9.81. The van der Waals surface area contributed by atoms with E-state index in [-0.39, 0.29) is 6.04 Å². The lowest BCUT2D eigenvalue weighted by Crippen LogP contribution is -2.25. The van der Waals surface area contributed by atoms with Crippen LogP contribution in [0.4, 0.5) is 0 Å². The van der Waals surface area contributed by atoms with Gasteiger partial charge in [0.15, 0.2) is 6.19 Å². The zero-order valence-corrected chi connectivity index (χ0v) is 18.6. The smallest absolute Gasteiger partial charge is 0.188 e. The molecule has 6 heteroatoms. The lowest BCUT2D eigenvalue weighted by atomic mass is 9.98. The van der Waals surface area contributed by atoms with Crippen molar-refractivity contribution >= 4 is 30.1 Å². The highest BCUT2D eigenvalue weighted by molar-refractivity contribution is 5.89. The van der Waals surface area contributed by atoms with Gasteiger partial charge in [0.1, 0.15) is 6.67 Å². The number of rotatable bonds is 0. The number of benzene rings is 1. The van der Waals surface area contributed by atoms with Gasteiger partial charge < -0.3 is 14.5 Å². The summed E-state index contributed by atoms with van der Waals surface area (Å²) in [4.78, 5) is 10.2. The molecule has 166 valence electrons. The van der Waals surface area contributed by atoms with Crippen molar-refractivity contribution < 1.29 is 4.74 Å². The fraction of sp³-hybridized carbons (Fsp3) is 0.143. The Bertz CT molecular complexity index is 1350. The van der Waals surface area contributed by atoms with E-state index in [4.69, 9.17) is 4.74 Å². The van der Waals surface area contributed by atoms with Gasteiger partial charge in [-0.25, -0.2) is 0 Å². The van der Waals surface area contributed by atoms with Crippen LogP contribution in [0, 0.1) is 11.5 Å². The van der Waals surface area contributed by atoms with Crippen LogP contribution in [0.1, 0.15) is 35.1 Å². The second-order valence-corrected chi connectivity index (χ2v) is 8.62. The summed E-state index contributed by atoms with van der Waals surface area (Å²) >= 11 is 0. The average molecular weight is 446 g/mol. The lowest BCUT2D eigenvalue weighted by molar-refractivity contribution is 0.402. The van der Waals surface area contributed by atoms with Gasteiger partial charge in [0.2, 0.25) is 0 Å². The molecular formula is C28H23N5O. The van der Waals surface area contributed by atoms with E-state index in [0.717, 1.165) is 40.8 Å². The number of allylic oxidation sites excluding steroid dienone is 4. The molecule has 5 aliphatic rings. The summed E-state index contributed by atoms with van der Waals surface area (Å²) in [6.07, 6.45) is 32.2. The van der Waals surface area contributed by atoms with Crippen LogP contribution in [0.5, 0.6) is 0 Å². The van der Waals surface area contributed by atoms with Crippen molar-refractivity contribution in [3.05, 3.63) is 107 Å². The van der Waals surface area contributed by atoms with Crippen LogP contribution in [0.3, 0.4) is 0 Å². The van der Waals surface area contributed by atoms with Crippen LogP contribution in [0.25, 0.3) is 23.9 Å². The topological polar surface area (TPSA) is 55.1 Å². The molecule has 0 saturated heterocycles. The number of ether oxygens (including phenoxy) is 1. The molecule has 1 atom stereocenters. The van der Waals surface area contributed by atoms with Crippen LogP contribution in [-0.4, -0.2) is 33.6 Å². The van der Waals surface area contributed by atoms with E-state index in [1.807, 2.05) is 42.1 Å². The minimum Gasteiger partial charge on any atom is -0.472 e. The van der Waals surface area contributed by atoms with Crippen LogP contribution in [0.2, 0.25) is 0 Å². The van der Waals surface area contributed by atoms with Gasteiger partial charge in [-0.05, 0) is 71.0 Å². The molecule has 0 amide bonds. The molecule has 1 aromatic rings. The van der Waals surface area contributed by atoms with Crippen molar-refractivity contribution in [3.63, 3.8) is 0 Å². The van der Waals surface area contributed by atoms with Crippen molar-refractivity contribution in [3.8, 4) is 6.19 Å². The third-order valence-electron chi connectivity index (χ3n) is 6.42. The maximum Gasteiger partial charge on any atom is 0.188 e. The molecule has 0 saturated carbocycles. The maximum atomic E-state index is 9.81. The number of hydrogen-bond acceptors (Lipinski definition) is 6. The van der Waals surface area contributed by atoms with Crippen molar-refractivity contribution in [1.29, 1.82) is 5.26 Å². The predicted octanol–water partition coefficient (Wildman–Crippen LogP) is 5.38. The van der Waals surface area contributed by atoms with Gasteiger partial charge in [-0.3, -0.25) is 9.89 Å². The first-order valence-electron chi connectivity index (χ1n) is 11.3. The first-order chi connectivity index (χ1) is 16.8. The summed E-state index contributed by atoms with van der Waals surface area (Å²) < 4.78 is 5.81. The van der Waals surface area contributed by atoms with E-state index in [9.17, 15) is 5.26 Å². The molecule has 6 nitrogen and oxygen atoms in total. The van der Waals surface area contributed by atoms with Gasteiger partial charge >= 0.3 is 0 Å². The summed E-state index contributed by atoms with van der Waals surface area (Å²) in [5.74, 6) is 0. The van der Waals surface area contributed by atoms with Crippen LogP contribution < -0.4 is 0 Å². The molecule has 3 aliphatic heterocycles. The molecule has 1 aromatic carbocycles. The minimum atomic E-state index is 0.0782. The summed E-state index contributed by atoms with van der Waals surface area (Å²) in [5.41, 5.74) is 7.49. The number of aliphatic imine (C=N–C) groups is 1. The number of nitriles is 1. The Kier molecular flexibility index (Phi) is 5.00. The molecule has 0 fully saturated rings.